The fourth-order valence-electron chi connectivity index (χ4n) is 8.55. The van der Waals surface area contributed by atoms with Gasteiger partial charge in [0.25, 0.3) is 0 Å². The van der Waals surface area contributed by atoms with Crippen molar-refractivity contribution < 1.29 is 57.1 Å². The molecule has 81 heavy (non-hydrogen) atoms. The van der Waals surface area contributed by atoms with Crippen molar-refractivity contribution in [1.29, 1.82) is 0 Å². The molecule has 2 aliphatic rings. The van der Waals surface area contributed by atoms with Crippen LogP contribution >= 0.6 is 45.3 Å². The average molecular weight is 1190 g/mol. The first-order chi connectivity index (χ1) is 39.3. The number of hydrogen-bond donors (Lipinski definition) is 5. The predicted octanol–water partition coefficient (Wildman–Crippen LogP) is 8.80. The molecule has 2 aliphatic heterocycles. The van der Waals surface area contributed by atoms with Crippen molar-refractivity contribution in [3.8, 4) is 21.1 Å². The summed E-state index contributed by atoms with van der Waals surface area (Å²) in [6.45, 7) is 18.3. The van der Waals surface area contributed by atoms with Gasteiger partial charge < -0.3 is 64.6 Å². The van der Waals surface area contributed by atoms with E-state index in [1.807, 2.05) is 63.2 Å². The summed E-state index contributed by atoms with van der Waals surface area (Å²) in [6, 6.07) is 16.2. The van der Waals surface area contributed by atoms with Gasteiger partial charge in [-0.3, -0.25) is 19.2 Å². The van der Waals surface area contributed by atoms with Crippen LogP contribution in [-0.4, -0.2) is 156 Å². The molecule has 6 heterocycles. The number of aromatic nitrogens is 2. The van der Waals surface area contributed by atoms with Crippen LogP contribution < -0.4 is 26.6 Å². The third kappa shape index (κ3) is 20.1. The van der Waals surface area contributed by atoms with Gasteiger partial charge in [0, 0.05) is 73.0 Å². The van der Waals surface area contributed by atoms with Crippen molar-refractivity contribution in [2.45, 2.75) is 91.8 Å². The van der Waals surface area contributed by atoms with E-state index in [4.69, 9.17) is 43.1 Å². The lowest BCUT2D eigenvalue weighted by Gasteiger charge is -2.30. The average Bonchev–Trinajstić information content (AvgIpc) is 4.17. The number of nitrogens with one attached hydrogen (secondary N) is 5. The van der Waals surface area contributed by atoms with Crippen molar-refractivity contribution >= 4 is 106 Å². The van der Waals surface area contributed by atoms with Crippen LogP contribution in [0.15, 0.2) is 48.5 Å². The third-order valence-corrected chi connectivity index (χ3v) is 16.7. The fraction of sp³-hybridized carbons (Fsp3) is 0.526. The second-order valence-corrected chi connectivity index (χ2v) is 23.9. The van der Waals surface area contributed by atoms with Crippen LogP contribution in [0.25, 0.3) is 41.6 Å². The Labute approximate surface area is 489 Å². The molecule has 0 spiro atoms. The highest BCUT2D eigenvalue weighted by atomic mass is 32.1. The summed E-state index contributed by atoms with van der Waals surface area (Å²) < 4.78 is 39.3. The van der Waals surface area contributed by atoms with Crippen molar-refractivity contribution in [1.82, 2.24) is 30.8 Å². The molecule has 0 bridgehead atoms. The number of thiazole rings is 2. The van der Waals surface area contributed by atoms with Crippen molar-refractivity contribution in [3.05, 3.63) is 69.4 Å². The quantitative estimate of drug-likeness (QED) is 0.0161. The molecule has 3 amide bonds. The van der Waals surface area contributed by atoms with Crippen molar-refractivity contribution in [2.75, 3.05) is 116 Å². The topological polar surface area (TPSA) is 239 Å². The summed E-state index contributed by atoms with van der Waals surface area (Å²) >= 11 is 6.44. The molecule has 20 nitrogen and oxygen atoms in total. The largest absolute Gasteiger partial charge is 0.466 e. The van der Waals surface area contributed by atoms with Gasteiger partial charge in [-0.1, -0.05) is 24.3 Å². The zero-order valence-electron chi connectivity index (χ0n) is 47.0. The smallest absolute Gasteiger partial charge is 0.410 e. The normalized spacial score (nSPS) is 13.1. The van der Waals surface area contributed by atoms with Gasteiger partial charge in [-0.15, -0.1) is 45.3 Å². The SMILES string of the molecule is CCOC(=O)CCOCCOCCNCCC(=O)Nc1sc2c(c1-c1nc3ccccc3s1)CCN(C(=O)OC(C)(C)C)C2.CCOC(=O)CCOCCOCCNCCC(=O)Nc1sc2c(c1-c1nc3ccccc3s1)CCNC2. The maximum atomic E-state index is 13.0. The third-order valence-electron chi connectivity index (χ3n) is 12.3. The number of fused-ring (bicyclic) bond motifs is 4. The Kier molecular flexibility index (Phi) is 25.7. The number of hydrogen-bond acceptors (Lipinski definition) is 21. The minimum atomic E-state index is -0.570. The van der Waals surface area contributed by atoms with Gasteiger partial charge in [0.15, 0.2) is 0 Å². The van der Waals surface area contributed by atoms with E-state index < -0.39 is 5.60 Å². The van der Waals surface area contributed by atoms with Gasteiger partial charge in [0.05, 0.1) is 106 Å². The van der Waals surface area contributed by atoms with Gasteiger partial charge in [-0.2, -0.15) is 0 Å². The Bertz CT molecular complexity index is 2920. The maximum absolute atomic E-state index is 13.0. The molecule has 24 heteroatoms. The van der Waals surface area contributed by atoms with E-state index in [9.17, 15) is 24.0 Å². The van der Waals surface area contributed by atoms with E-state index in [0.717, 1.165) is 81.5 Å². The fourth-order valence-corrected chi connectivity index (χ4v) is 13.3. The number of para-hydroxylation sites is 2. The molecule has 2 aromatic carbocycles. The highest BCUT2D eigenvalue weighted by Crippen LogP contribution is 2.47. The lowest BCUT2D eigenvalue weighted by Crippen LogP contribution is -2.39. The van der Waals surface area contributed by atoms with Gasteiger partial charge >= 0.3 is 18.0 Å². The summed E-state index contributed by atoms with van der Waals surface area (Å²) in [7, 11) is 0. The highest BCUT2D eigenvalue weighted by Gasteiger charge is 2.32. The zero-order valence-corrected chi connectivity index (χ0v) is 50.2. The summed E-state index contributed by atoms with van der Waals surface area (Å²) in [5.41, 5.74) is 5.81. The Morgan fingerprint density at radius 1 is 0.593 bits per heavy atom. The molecule has 8 rings (SSSR count). The van der Waals surface area contributed by atoms with Crippen LogP contribution in [-0.2, 0) is 78.3 Å². The first kappa shape index (κ1) is 63.1. The van der Waals surface area contributed by atoms with Crippen LogP contribution in [0.1, 0.15) is 81.2 Å². The number of esters is 2. The Morgan fingerprint density at radius 2 is 1.07 bits per heavy atom. The Morgan fingerprint density at radius 3 is 1.57 bits per heavy atom. The van der Waals surface area contributed by atoms with Gasteiger partial charge in [0.1, 0.15) is 25.6 Å². The molecule has 0 atom stereocenters. The molecule has 4 aromatic heterocycles. The number of carbonyl (C=O) groups excluding carboxylic acids is 5. The minimum Gasteiger partial charge on any atom is -0.466 e. The number of benzene rings is 2. The zero-order chi connectivity index (χ0) is 57.4. The lowest BCUT2D eigenvalue weighted by atomic mass is 10.0. The molecule has 0 saturated heterocycles. The van der Waals surface area contributed by atoms with E-state index in [1.54, 1.807) is 52.8 Å². The van der Waals surface area contributed by atoms with E-state index in [2.05, 4.69) is 32.7 Å². The number of carbonyl (C=O) groups is 5. The number of ether oxygens (including phenoxy) is 7. The molecule has 5 N–H and O–H groups in total. The molecule has 0 saturated carbocycles. The standard InChI is InChI=1S/C31H42N4O7S2.C26H34N4O5S2/c1-5-41-26(37)12-16-39-18-19-40-17-14-32-13-10-25(36)34-29-27(28-33-22-8-6-7-9-23(22)43-28)21-11-15-35(20-24(21)44-29)30(38)42-31(2,3)4;1-2-35-23(32)9-13-33-15-16-34-14-12-27-11-8-22(31)30-26-24(18-7-10-28-17-21(18)37-26)25-29-19-5-3-4-6-20(19)36-25/h6-9,32H,5,10-20H2,1-4H3,(H,34,36);3-6,27-28H,2,7-17H2,1H3,(H,30,31). The summed E-state index contributed by atoms with van der Waals surface area (Å²) in [5.74, 6) is -0.630. The minimum absolute atomic E-state index is 0.0164. The van der Waals surface area contributed by atoms with Crippen LogP contribution in [0, 0.1) is 0 Å². The first-order valence-electron chi connectivity index (χ1n) is 27.6. The van der Waals surface area contributed by atoms with Crippen molar-refractivity contribution in [3.63, 3.8) is 0 Å². The number of nitrogens with zero attached hydrogens (tertiary/aromatic N) is 3. The summed E-state index contributed by atoms with van der Waals surface area (Å²) in [5, 5.41) is 19.7. The molecular weight excluding hydrogens is 1120 g/mol. The summed E-state index contributed by atoms with van der Waals surface area (Å²) in [4.78, 5) is 74.8. The van der Waals surface area contributed by atoms with Crippen molar-refractivity contribution in [2.24, 2.45) is 0 Å². The van der Waals surface area contributed by atoms with Crippen LogP contribution in [0.4, 0.5) is 14.8 Å². The van der Waals surface area contributed by atoms with Crippen LogP contribution in [0.2, 0.25) is 0 Å². The monoisotopic (exact) mass is 1190 g/mol. The number of anilines is 2. The number of amides is 3. The molecule has 440 valence electrons. The summed E-state index contributed by atoms with van der Waals surface area (Å²) in [6.07, 6.45) is 2.41. The second-order valence-electron chi connectivity index (χ2n) is 19.6. The van der Waals surface area contributed by atoms with Crippen LogP contribution in [0.3, 0.4) is 0 Å². The Hall–Kier alpha value is -5.51. The molecule has 0 radical (unpaired) electrons. The molecular formula is C57H76N8O12S4. The molecule has 0 aliphatic carbocycles. The van der Waals surface area contributed by atoms with Gasteiger partial charge in [0.2, 0.25) is 11.8 Å². The Balaban J connectivity index is 0.000000237. The highest BCUT2D eigenvalue weighted by molar-refractivity contribution is 7.23. The molecule has 0 fully saturated rings. The number of rotatable bonds is 30. The maximum Gasteiger partial charge on any atom is 0.410 e. The lowest BCUT2D eigenvalue weighted by molar-refractivity contribution is -0.145. The first-order valence-corrected chi connectivity index (χ1v) is 30.9. The number of thiophene rings is 2. The van der Waals surface area contributed by atoms with E-state index in [1.165, 1.54) is 21.8 Å². The molecule has 6 aromatic rings. The second kappa shape index (κ2) is 33.0. The van der Waals surface area contributed by atoms with Gasteiger partial charge in [-0.25, -0.2) is 14.8 Å². The van der Waals surface area contributed by atoms with Crippen LogP contribution in [0.5, 0.6) is 0 Å². The van der Waals surface area contributed by atoms with E-state index in [0.29, 0.717) is 125 Å². The van der Waals surface area contributed by atoms with Gasteiger partial charge in [-0.05, 0) is 89.4 Å². The van der Waals surface area contributed by atoms with E-state index >= 15 is 0 Å². The predicted molar refractivity (Wildman–Crippen MR) is 320 cm³/mol. The molecule has 0 unspecified atom stereocenters. The van der Waals surface area contributed by atoms with E-state index in [-0.39, 0.29) is 42.7 Å².